The zero-order chi connectivity index (χ0) is 28.5. The Labute approximate surface area is 228 Å². The van der Waals surface area contributed by atoms with Gasteiger partial charge in [-0.3, -0.25) is 14.4 Å². The fourth-order valence-electron chi connectivity index (χ4n) is 6.42. The van der Waals surface area contributed by atoms with Crippen LogP contribution in [-0.2, 0) is 14.3 Å². The van der Waals surface area contributed by atoms with E-state index in [-0.39, 0.29) is 35.4 Å². The Hall–Kier alpha value is -3.01. The normalized spacial score (nSPS) is 26.0. The molecule has 0 saturated heterocycles. The minimum Gasteiger partial charge on any atom is -0.499 e. The number of benzene rings is 1. The monoisotopic (exact) mass is 516 g/mol. The highest BCUT2D eigenvalue weighted by Gasteiger charge is 2.74. The molecule has 204 valence electrons. The molecule has 3 rings (SSSR count). The number of rotatable bonds is 9. The van der Waals surface area contributed by atoms with E-state index in [1.165, 1.54) is 12.7 Å². The van der Waals surface area contributed by atoms with E-state index >= 15 is 4.79 Å². The summed E-state index contributed by atoms with van der Waals surface area (Å²) in [6.07, 6.45) is 7.73. The van der Waals surface area contributed by atoms with Crippen LogP contribution in [0.4, 0.5) is 0 Å². The Morgan fingerprint density at radius 2 is 1.50 bits per heavy atom. The maximum Gasteiger partial charge on any atom is 0.184 e. The summed E-state index contributed by atoms with van der Waals surface area (Å²) in [5, 5.41) is 0. The Kier molecular flexibility index (Phi) is 8.55. The van der Waals surface area contributed by atoms with Gasteiger partial charge in [0.1, 0.15) is 11.2 Å². The molecule has 1 fully saturated rings. The Morgan fingerprint density at radius 3 is 2.03 bits per heavy atom. The minimum absolute atomic E-state index is 0.0903. The first kappa shape index (κ1) is 29.5. The zero-order valence-corrected chi connectivity index (χ0v) is 24.7. The molecule has 3 atom stereocenters. The number of ketones is 3. The highest BCUT2D eigenvalue weighted by Crippen LogP contribution is 2.66. The van der Waals surface area contributed by atoms with Crippen LogP contribution in [0.1, 0.15) is 91.4 Å². The van der Waals surface area contributed by atoms with Gasteiger partial charge in [0.2, 0.25) is 0 Å². The summed E-state index contributed by atoms with van der Waals surface area (Å²) in [6, 6.07) is 8.99. The van der Waals surface area contributed by atoms with Crippen LogP contribution in [0.15, 0.2) is 76.6 Å². The van der Waals surface area contributed by atoms with Gasteiger partial charge >= 0.3 is 0 Å². The molecule has 4 nitrogen and oxygen atoms in total. The third-order valence-corrected chi connectivity index (χ3v) is 8.74. The van der Waals surface area contributed by atoms with Crippen LogP contribution >= 0.6 is 0 Å². The van der Waals surface area contributed by atoms with E-state index in [1.54, 1.807) is 12.1 Å². The number of carbonyl (C=O) groups excluding carboxylic acids is 3. The standard InChI is InChI=1S/C34H44O4/c1-22(2)15-17-26-21-33(28(35)25-13-11-10-12-14-25)30(38-9)27(18-16-23(3)4)29(36)34(31(33)37,32(26,7)8)20-19-24(5)6/h10-16,19,26H,17-18,20-21H2,1-9H3/t26-,33-,34-/m1/s1. The zero-order valence-electron chi connectivity index (χ0n) is 24.7. The third kappa shape index (κ3) is 4.67. The van der Waals surface area contributed by atoms with Gasteiger partial charge in [-0.2, -0.15) is 0 Å². The van der Waals surface area contributed by atoms with Crippen molar-refractivity contribution in [2.75, 3.05) is 7.11 Å². The van der Waals surface area contributed by atoms with Crippen LogP contribution in [0.25, 0.3) is 0 Å². The molecular formula is C34H44O4. The Morgan fingerprint density at radius 1 is 0.921 bits per heavy atom. The molecule has 0 aromatic heterocycles. The molecule has 4 heteroatoms. The smallest absolute Gasteiger partial charge is 0.184 e. The summed E-state index contributed by atoms with van der Waals surface area (Å²) in [7, 11) is 1.49. The SMILES string of the molecule is COC1=C(CC=C(C)C)C(=O)[C@]2(CC=C(C)C)C(=O)[C@@]1(C(=O)c1ccccc1)C[C@@H](CC=C(C)C)C2(C)C. The summed E-state index contributed by atoms with van der Waals surface area (Å²) >= 11 is 0. The molecule has 0 N–H and O–H groups in total. The first-order valence-electron chi connectivity index (χ1n) is 13.6. The Balaban J connectivity index is 2.49. The third-order valence-electron chi connectivity index (χ3n) is 8.74. The van der Waals surface area contributed by atoms with Crippen molar-refractivity contribution in [1.29, 1.82) is 0 Å². The topological polar surface area (TPSA) is 60.4 Å². The fourth-order valence-corrected chi connectivity index (χ4v) is 6.42. The van der Waals surface area contributed by atoms with Crippen LogP contribution in [0.2, 0.25) is 0 Å². The van der Waals surface area contributed by atoms with Crippen LogP contribution in [0, 0.1) is 22.2 Å². The Bertz CT molecular complexity index is 1230. The van der Waals surface area contributed by atoms with Gasteiger partial charge < -0.3 is 4.74 Å². The molecule has 2 aliphatic carbocycles. The second-order valence-corrected chi connectivity index (χ2v) is 12.3. The van der Waals surface area contributed by atoms with Crippen LogP contribution in [-0.4, -0.2) is 24.5 Å². The number of hydrogen-bond donors (Lipinski definition) is 0. The molecule has 38 heavy (non-hydrogen) atoms. The van der Waals surface area contributed by atoms with Gasteiger partial charge in [-0.25, -0.2) is 0 Å². The summed E-state index contributed by atoms with van der Waals surface area (Å²) < 4.78 is 5.98. The van der Waals surface area contributed by atoms with Crippen LogP contribution in [0.5, 0.6) is 0 Å². The number of hydrogen-bond acceptors (Lipinski definition) is 4. The van der Waals surface area contributed by atoms with Crippen molar-refractivity contribution < 1.29 is 19.1 Å². The van der Waals surface area contributed by atoms with Gasteiger partial charge in [0, 0.05) is 11.1 Å². The van der Waals surface area contributed by atoms with Gasteiger partial charge in [0.05, 0.1) is 7.11 Å². The average molecular weight is 517 g/mol. The maximum atomic E-state index is 15.0. The van der Waals surface area contributed by atoms with Crippen molar-refractivity contribution in [3.8, 4) is 0 Å². The highest BCUT2D eigenvalue weighted by molar-refractivity contribution is 6.29. The first-order chi connectivity index (χ1) is 17.8. The van der Waals surface area contributed by atoms with Crippen molar-refractivity contribution in [1.82, 2.24) is 0 Å². The lowest BCUT2D eigenvalue weighted by Crippen LogP contribution is -2.68. The predicted molar refractivity (Wildman–Crippen MR) is 154 cm³/mol. The second-order valence-electron chi connectivity index (χ2n) is 12.3. The maximum absolute atomic E-state index is 15.0. The van der Waals surface area contributed by atoms with Crippen LogP contribution < -0.4 is 0 Å². The van der Waals surface area contributed by atoms with E-state index in [4.69, 9.17) is 4.74 Å². The van der Waals surface area contributed by atoms with Crippen molar-refractivity contribution in [3.63, 3.8) is 0 Å². The molecule has 0 amide bonds. The summed E-state index contributed by atoms with van der Waals surface area (Å²) in [5.74, 6) is -0.631. The van der Waals surface area contributed by atoms with E-state index in [0.717, 1.165) is 11.1 Å². The van der Waals surface area contributed by atoms with Crippen molar-refractivity contribution in [2.24, 2.45) is 22.2 Å². The fraction of sp³-hybridized carbons (Fsp3) is 0.500. The lowest BCUT2D eigenvalue weighted by atomic mass is 9.39. The lowest BCUT2D eigenvalue weighted by Gasteiger charge is -2.60. The molecule has 0 heterocycles. The molecule has 1 aromatic rings. The molecule has 0 unspecified atom stereocenters. The van der Waals surface area contributed by atoms with Crippen molar-refractivity contribution in [2.45, 2.75) is 81.1 Å². The molecule has 0 radical (unpaired) electrons. The number of fused-ring (bicyclic) bond motifs is 2. The number of carbonyl (C=O) groups is 3. The average Bonchev–Trinajstić information content (AvgIpc) is 2.85. The first-order valence-corrected chi connectivity index (χ1v) is 13.6. The second kappa shape index (κ2) is 11.0. The number of methoxy groups -OCH3 is 1. The van der Waals surface area contributed by atoms with Gasteiger partial charge in [-0.1, -0.05) is 79.1 Å². The summed E-state index contributed by atoms with van der Waals surface area (Å²) in [6.45, 7) is 16.1. The van der Waals surface area contributed by atoms with Gasteiger partial charge in [-0.15, -0.1) is 0 Å². The number of allylic oxidation sites excluding steroid dienone is 8. The molecule has 0 aliphatic heterocycles. The van der Waals surface area contributed by atoms with Gasteiger partial charge in [-0.05, 0) is 78.6 Å². The number of Topliss-reactive ketones (excluding diaryl/α,β-unsaturated/α-hetero) is 3. The van der Waals surface area contributed by atoms with Gasteiger partial charge in [0.25, 0.3) is 0 Å². The van der Waals surface area contributed by atoms with E-state index in [2.05, 4.69) is 33.8 Å². The van der Waals surface area contributed by atoms with Crippen LogP contribution in [0.3, 0.4) is 0 Å². The molecular weight excluding hydrogens is 472 g/mol. The van der Waals surface area contributed by atoms with E-state index in [1.807, 2.05) is 58.0 Å². The molecule has 2 bridgehead atoms. The highest BCUT2D eigenvalue weighted by atomic mass is 16.5. The van der Waals surface area contributed by atoms with Crippen molar-refractivity contribution >= 4 is 17.3 Å². The largest absolute Gasteiger partial charge is 0.499 e. The quantitative estimate of drug-likeness (QED) is 0.189. The minimum atomic E-state index is -1.56. The van der Waals surface area contributed by atoms with E-state index in [9.17, 15) is 9.59 Å². The molecule has 1 saturated carbocycles. The van der Waals surface area contributed by atoms with Gasteiger partial charge in [0.15, 0.2) is 22.8 Å². The number of ether oxygens (including phenoxy) is 1. The summed E-state index contributed by atoms with van der Waals surface area (Å²) in [5.41, 5.74) is 0.564. The van der Waals surface area contributed by atoms with Crippen molar-refractivity contribution in [3.05, 3.63) is 82.2 Å². The van der Waals surface area contributed by atoms with E-state index in [0.29, 0.717) is 30.4 Å². The summed E-state index contributed by atoms with van der Waals surface area (Å²) in [4.78, 5) is 44.3. The van der Waals surface area contributed by atoms with E-state index < -0.39 is 16.2 Å². The molecule has 0 spiro atoms. The molecule has 2 aliphatic rings. The lowest BCUT2D eigenvalue weighted by molar-refractivity contribution is -0.168. The molecule has 1 aromatic carbocycles. The predicted octanol–water partition coefficient (Wildman–Crippen LogP) is 8.01.